The van der Waals surface area contributed by atoms with E-state index in [2.05, 4.69) is 15.8 Å². The Hall–Kier alpha value is -3.53. The SMILES string of the molecule is O=C(CNC(=O)c1sc2ccccc2c1Cl)NN=Cc1ccc(OC(=O)c2cccs2)cc1. The summed E-state index contributed by atoms with van der Waals surface area (Å²) in [7, 11) is 0. The van der Waals surface area contributed by atoms with Gasteiger partial charge < -0.3 is 10.1 Å². The van der Waals surface area contributed by atoms with E-state index in [4.69, 9.17) is 16.3 Å². The molecule has 0 saturated carbocycles. The number of hydrogen-bond acceptors (Lipinski definition) is 7. The summed E-state index contributed by atoms with van der Waals surface area (Å²) in [5, 5.41) is 9.38. The number of benzene rings is 2. The molecule has 33 heavy (non-hydrogen) atoms. The van der Waals surface area contributed by atoms with Crippen LogP contribution >= 0.6 is 34.3 Å². The van der Waals surface area contributed by atoms with Gasteiger partial charge in [-0.05, 0) is 47.3 Å². The number of rotatable bonds is 7. The Balaban J connectivity index is 1.25. The minimum absolute atomic E-state index is 0.252. The molecule has 0 fully saturated rings. The molecule has 0 aliphatic carbocycles. The minimum atomic E-state index is -0.488. The highest BCUT2D eigenvalue weighted by Crippen LogP contribution is 2.34. The molecule has 166 valence electrons. The summed E-state index contributed by atoms with van der Waals surface area (Å²) in [6.07, 6.45) is 1.44. The van der Waals surface area contributed by atoms with Crippen molar-refractivity contribution in [1.82, 2.24) is 10.7 Å². The summed E-state index contributed by atoms with van der Waals surface area (Å²) >= 11 is 8.85. The molecule has 0 radical (unpaired) electrons. The first-order valence-electron chi connectivity index (χ1n) is 9.64. The molecule has 0 spiro atoms. The quantitative estimate of drug-likeness (QED) is 0.167. The first-order chi connectivity index (χ1) is 16.0. The van der Waals surface area contributed by atoms with Gasteiger partial charge in [0.25, 0.3) is 11.8 Å². The van der Waals surface area contributed by atoms with E-state index in [0.29, 0.717) is 26.1 Å². The van der Waals surface area contributed by atoms with Crippen molar-refractivity contribution in [3.8, 4) is 5.75 Å². The summed E-state index contributed by atoms with van der Waals surface area (Å²) in [5.74, 6) is -0.929. The zero-order valence-corrected chi connectivity index (χ0v) is 19.3. The fraction of sp³-hybridized carbons (Fsp3) is 0.0435. The van der Waals surface area contributed by atoms with E-state index in [9.17, 15) is 14.4 Å². The second kappa shape index (κ2) is 10.4. The van der Waals surface area contributed by atoms with Gasteiger partial charge in [0.05, 0.1) is 17.8 Å². The lowest BCUT2D eigenvalue weighted by atomic mass is 10.2. The molecule has 2 aromatic carbocycles. The molecular weight excluding hydrogens is 482 g/mol. The second-order valence-electron chi connectivity index (χ2n) is 6.65. The molecule has 10 heteroatoms. The zero-order valence-electron chi connectivity index (χ0n) is 16.9. The van der Waals surface area contributed by atoms with Gasteiger partial charge in [-0.1, -0.05) is 35.9 Å². The van der Waals surface area contributed by atoms with Crippen LogP contribution in [-0.2, 0) is 4.79 Å². The summed E-state index contributed by atoms with van der Waals surface area (Å²) in [6.45, 7) is -0.252. The number of ether oxygens (including phenoxy) is 1. The average molecular weight is 498 g/mol. The predicted octanol–water partition coefficient (Wildman–Crippen LogP) is 4.72. The molecule has 0 saturated heterocycles. The Labute approximate surface area is 201 Å². The topological polar surface area (TPSA) is 96.9 Å². The minimum Gasteiger partial charge on any atom is -0.422 e. The molecule has 4 aromatic rings. The molecular formula is C23H16ClN3O4S2. The molecule has 0 bridgehead atoms. The fourth-order valence-electron chi connectivity index (χ4n) is 2.79. The van der Waals surface area contributed by atoms with Crippen LogP contribution in [0.4, 0.5) is 0 Å². The lowest BCUT2D eigenvalue weighted by Gasteiger charge is -2.04. The van der Waals surface area contributed by atoms with Gasteiger partial charge >= 0.3 is 5.97 Å². The zero-order chi connectivity index (χ0) is 23.2. The van der Waals surface area contributed by atoms with Crippen LogP contribution in [0.25, 0.3) is 10.1 Å². The van der Waals surface area contributed by atoms with Gasteiger partial charge in [-0.25, -0.2) is 10.2 Å². The summed E-state index contributed by atoms with van der Waals surface area (Å²) in [5.41, 5.74) is 3.03. The Morgan fingerprint density at radius 1 is 1.03 bits per heavy atom. The number of amides is 2. The number of hydrogen-bond donors (Lipinski definition) is 2. The van der Waals surface area contributed by atoms with Crippen LogP contribution in [0.2, 0.25) is 5.02 Å². The largest absolute Gasteiger partial charge is 0.422 e. The maximum atomic E-state index is 12.4. The average Bonchev–Trinajstić information content (AvgIpc) is 3.48. The van der Waals surface area contributed by atoms with Gasteiger partial charge in [-0.3, -0.25) is 9.59 Å². The number of nitrogens with zero attached hydrogens (tertiary/aromatic N) is 1. The van der Waals surface area contributed by atoms with Crippen molar-refractivity contribution in [2.24, 2.45) is 5.10 Å². The van der Waals surface area contributed by atoms with Crippen molar-refractivity contribution >= 4 is 68.4 Å². The Morgan fingerprint density at radius 2 is 1.82 bits per heavy atom. The summed E-state index contributed by atoms with van der Waals surface area (Å²) < 4.78 is 6.18. The molecule has 0 unspecified atom stereocenters. The van der Waals surface area contributed by atoms with Crippen LogP contribution in [0, 0.1) is 0 Å². The fourth-order valence-corrected chi connectivity index (χ4v) is 4.83. The van der Waals surface area contributed by atoms with Crippen molar-refractivity contribution in [3.63, 3.8) is 0 Å². The van der Waals surface area contributed by atoms with E-state index in [0.717, 1.165) is 10.1 Å². The number of thiophene rings is 2. The lowest BCUT2D eigenvalue weighted by Crippen LogP contribution is -2.34. The number of fused-ring (bicyclic) bond motifs is 1. The summed E-state index contributed by atoms with van der Waals surface area (Å²) in [6, 6.07) is 17.5. The maximum absolute atomic E-state index is 12.4. The number of carbonyl (C=O) groups excluding carboxylic acids is 3. The highest BCUT2D eigenvalue weighted by atomic mass is 35.5. The highest BCUT2D eigenvalue weighted by Gasteiger charge is 2.17. The van der Waals surface area contributed by atoms with Crippen molar-refractivity contribution in [2.45, 2.75) is 0 Å². The van der Waals surface area contributed by atoms with Gasteiger partial charge in [0.1, 0.15) is 15.5 Å². The first-order valence-corrected chi connectivity index (χ1v) is 11.7. The van der Waals surface area contributed by atoms with Crippen LogP contribution in [0.15, 0.2) is 71.1 Å². The summed E-state index contributed by atoms with van der Waals surface area (Å²) in [4.78, 5) is 37.2. The smallest absolute Gasteiger partial charge is 0.353 e. The van der Waals surface area contributed by atoms with Crippen molar-refractivity contribution < 1.29 is 19.1 Å². The van der Waals surface area contributed by atoms with Crippen molar-refractivity contribution in [2.75, 3.05) is 6.54 Å². The van der Waals surface area contributed by atoms with E-state index >= 15 is 0 Å². The number of carbonyl (C=O) groups is 3. The highest BCUT2D eigenvalue weighted by molar-refractivity contribution is 7.21. The molecule has 2 heterocycles. The maximum Gasteiger partial charge on any atom is 0.353 e. The van der Waals surface area contributed by atoms with Gasteiger partial charge in [-0.2, -0.15) is 5.10 Å². The first kappa shape index (κ1) is 22.7. The van der Waals surface area contributed by atoms with Crippen LogP contribution in [0.3, 0.4) is 0 Å². The van der Waals surface area contributed by atoms with Crippen LogP contribution in [-0.4, -0.2) is 30.5 Å². The van der Waals surface area contributed by atoms with Gasteiger partial charge in [-0.15, -0.1) is 22.7 Å². The van der Waals surface area contributed by atoms with Crippen LogP contribution < -0.4 is 15.5 Å². The number of esters is 1. The van der Waals surface area contributed by atoms with E-state index in [1.807, 2.05) is 24.3 Å². The van der Waals surface area contributed by atoms with Gasteiger partial charge in [0, 0.05) is 10.1 Å². The monoisotopic (exact) mass is 497 g/mol. The molecule has 0 aliphatic rings. The van der Waals surface area contributed by atoms with Crippen molar-refractivity contribution in [3.05, 3.63) is 86.4 Å². The lowest BCUT2D eigenvalue weighted by molar-refractivity contribution is -0.120. The Kier molecular flexibility index (Phi) is 7.13. The van der Waals surface area contributed by atoms with Crippen molar-refractivity contribution in [1.29, 1.82) is 0 Å². The normalized spacial score (nSPS) is 10.9. The van der Waals surface area contributed by atoms with Crippen LogP contribution in [0.5, 0.6) is 5.75 Å². The number of nitrogens with one attached hydrogen (secondary N) is 2. The third kappa shape index (κ3) is 5.64. The van der Waals surface area contributed by atoms with E-state index in [1.54, 1.807) is 41.8 Å². The molecule has 2 N–H and O–H groups in total. The third-order valence-electron chi connectivity index (χ3n) is 4.37. The second-order valence-corrected chi connectivity index (χ2v) is 9.03. The predicted molar refractivity (Wildman–Crippen MR) is 131 cm³/mol. The van der Waals surface area contributed by atoms with E-state index < -0.39 is 17.8 Å². The Morgan fingerprint density at radius 3 is 2.55 bits per heavy atom. The standard InChI is InChI=1S/C23H16ClN3O4S2/c24-20-16-4-1-2-5-17(16)33-21(20)22(29)25-13-19(28)27-26-12-14-7-9-15(10-8-14)31-23(30)18-6-3-11-32-18/h1-12H,13H2,(H,25,29)(H,27,28). The molecule has 2 amide bonds. The molecule has 7 nitrogen and oxygen atoms in total. The number of hydrazone groups is 1. The van der Waals surface area contributed by atoms with E-state index in [1.165, 1.54) is 28.9 Å². The van der Waals surface area contributed by atoms with Gasteiger partial charge in [0.15, 0.2) is 0 Å². The number of halogens is 1. The van der Waals surface area contributed by atoms with E-state index in [-0.39, 0.29) is 6.54 Å². The molecule has 0 aliphatic heterocycles. The Bertz CT molecular complexity index is 1330. The molecule has 2 aromatic heterocycles. The van der Waals surface area contributed by atoms with Gasteiger partial charge in [0.2, 0.25) is 0 Å². The van der Waals surface area contributed by atoms with Crippen LogP contribution in [0.1, 0.15) is 24.9 Å². The third-order valence-corrected chi connectivity index (χ3v) is 6.89. The molecule has 0 atom stereocenters. The molecule has 4 rings (SSSR count).